The van der Waals surface area contributed by atoms with Gasteiger partial charge in [0.1, 0.15) is 0 Å². The van der Waals surface area contributed by atoms with E-state index in [2.05, 4.69) is 4.98 Å². The van der Waals surface area contributed by atoms with Gasteiger partial charge in [0.05, 0.1) is 6.33 Å². The summed E-state index contributed by atoms with van der Waals surface area (Å²) in [4.78, 5) is 14.3. The number of halogens is 1. The largest absolute Gasteiger partial charge is 0.478 e. The maximum atomic E-state index is 10.4. The normalized spacial score (nSPS) is 10.2. The summed E-state index contributed by atoms with van der Waals surface area (Å²) in [6, 6.07) is 7.74. The fourth-order valence-corrected chi connectivity index (χ4v) is 1.49. The van der Waals surface area contributed by atoms with Crippen molar-refractivity contribution in [3.8, 4) is 0 Å². The highest BCUT2D eigenvalue weighted by atomic mass is 35.5. The predicted octanol–water partition coefficient (Wildman–Crippen LogP) is 2.45. The Labute approximate surface area is 111 Å². The summed E-state index contributed by atoms with van der Waals surface area (Å²) in [6.07, 6.45) is 8.11. The number of hydrogen-bond donors (Lipinski definition) is 1. The number of rotatable bonds is 4. The molecule has 0 unspecified atom stereocenters. The summed E-state index contributed by atoms with van der Waals surface area (Å²) in [6.45, 7) is 0.767. The van der Waals surface area contributed by atoms with Crippen LogP contribution in [0.5, 0.6) is 0 Å². The van der Waals surface area contributed by atoms with Crippen molar-refractivity contribution in [3.05, 3.63) is 60.2 Å². The molecule has 94 valence electrons. The first kappa shape index (κ1) is 14.0. The second-order valence-corrected chi connectivity index (χ2v) is 3.65. The molecule has 0 atom stereocenters. The molecule has 2 rings (SSSR count). The minimum atomic E-state index is -0.938. The van der Waals surface area contributed by atoms with Gasteiger partial charge in [-0.15, -0.1) is 12.4 Å². The monoisotopic (exact) mass is 264 g/mol. The molecule has 0 radical (unpaired) electrons. The third-order valence-electron chi connectivity index (χ3n) is 2.32. The first-order chi connectivity index (χ1) is 8.24. The molecular formula is C13H13ClN2O2. The third-order valence-corrected chi connectivity index (χ3v) is 2.32. The molecule has 0 saturated heterocycles. The zero-order valence-electron chi connectivity index (χ0n) is 9.56. The number of nitrogens with zero attached hydrogens (tertiary/aromatic N) is 2. The van der Waals surface area contributed by atoms with E-state index in [0.29, 0.717) is 0 Å². The Kier molecular flexibility index (Phi) is 5.14. The van der Waals surface area contributed by atoms with E-state index < -0.39 is 5.97 Å². The topological polar surface area (TPSA) is 55.1 Å². The van der Waals surface area contributed by atoms with Gasteiger partial charge in [-0.05, 0) is 17.2 Å². The van der Waals surface area contributed by atoms with Gasteiger partial charge in [-0.3, -0.25) is 0 Å². The van der Waals surface area contributed by atoms with E-state index in [0.717, 1.165) is 23.7 Å². The number of aromatic nitrogens is 2. The highest BCUT2D eigenvalue weighted by molar-refractivity contribution is 5.85. The number of benzene rings is 1. The van der Waals surface area contributed by atoms with Gasteiger partial charge >= 0.3 is 5.97 Å². The van der Waals surface area contributed by atoms with Gasteiger partial charge < -0.3 is 9.67 Å². The van der Waals surface area contributed by atoms with E-state index >= 15 is 0 Å². The number of carbonyl (C=O) groups is 1. The van der Waals surface area contributed by atoms with Crippen LogP contribution >= 0.6 is 12.4 Å². The van der Waals surface area contributed by atoms with Gasteiger partial charge in [0, 0.05) is 25.0 Å². The summed E-state index contributed by atoms with van der Waals surface area (Å²) < 4.78 is 1.97. The van der Waals surface area contributed by atoms with Crippen LogP contribution < -0.4 is 0 Å². The van der Waals surface area contributed by atoms with Gasteiger partial charge in [-0.2, -0.15) is 0 Å². The van der Waals surface area contributed by atoms with Crippen LogP contribution in [-0.2, 0) is 11.3 Å². The highest BCUT2D eigenvalue weighted by Crippen LogP contribution is 2.07. The van der Waals surface area contributed by atoms with Crippen LogP contribution in [0.25, 0.3) is 6.08 Å². The van der Waals surface area contributed by atoms with E-state index in [1.807, 2.05) is 35.0 Å². The molecule has 0 bridgehead atoms. The fraction of sp³-hybridized carbons (Fsp3) is 0.0769. The van der Waals surface area contributed by atoms with E-state index in [9.17, 15) is 4.79 Å². The molecule has 0 spiro atoms. The Bertz CT molecular complexity index is 518. The van der Waals surface area contributed by atoms with E-state index in [1.165, 1.54) is 0 Å². The summed E-state index contributed by atoms with van der Waals surface area (Å²) in [5.74, 6) is -0.938. The molecule has 0 saturated carbocycles. The van der Waals surface area contributed by atoms with Crippen LogP contribution in [0.2, 0.25) is 0 Å². The number of aliphatic carboxylic acids is 1. The van der Waals surface area contributed by atoms with E-state index in [4.69, 9.17) is 5.11 Å². The summed E-state index contributed by atoms with van der Waals surface area (Å²) in [5, 5.41) is 8.50. The SMILES string of the molecule is Cl.O=C(O)/C=C/c1ccc(Cn2ccnc2)cc1. The molecule has 1 aromatic carbocycles. The standard InChI is InChI=1S/C13H12N2O2.ClH/c16-13(17)6-5-11-1-3-12(4-2-11)9-15-8-7-14-10-15;/h1-8,10H,9H2,(H,16,17);1H/b6-5+;. The number of hydrogen-bond acceptors (Lipinski definition) is 2. The first-order valence-electron chi connectivity index (χ1n) is 5.20. The highest BCUT2D eigenvalue weighted by Gasteiger charge is 1.95. The van der Waals surface area contributed by atoms with Crippen molar-refractivity contribution in [3.63, 3.8) is 0 Å². The molecule has 0 aliphatic heterocycles. The smallest absolute Gasteiger partial charge is 0.328 e. The molecule has 1 aromatic heterocycles. The lowest BCUT2D eigenvalue weighted by atomic mass is 10.1. The Balaban J connectivity index is 0.00000162. The fourth-order valence-electron chi connectivity index (χ4n) is 1.49. The minimum absolute atomic E-state index is 0. The number of carboxylic acid groups (broad SMARTS) is 1. The average Bonchev–Trinajstić information content (AvgIpc) is 2.81. The summed E-state index contributed by atoms with van der Waals surface area (Å²) >= 11 is 0. The maximum absolute atomic E-state index is 10.4. The molecule has 0 aliphatic rings. The zero-order valence-corrected chi connectivity index (χ0v) is 10.4. The van der Waals surface area contributed by atoms with Crippen LogP contribution in [0.15, 0.2) is 49.1 Å². The Hall–Kier alpha value is -2.07. The lowest BCUT2D eigenvalue weighted by Crippen LogP contribution is -1.95. The van der Waals surface area contributed by atoms with Gasteiger partial charge in [0.2, 0.25) is 0 Å². The van der Waals surface area contributed by atoms with Crippen LogP contribution in [0.4, 0.5) is 0 Å². The van der Waals surface area contributed by atoms with Crippen LogP contribution in [0.1, 0.15) is 11.1 Å². The maximum Gasteiger partial charge on any atom is 0.328 e. The van der Waals surface area contributed by atoms with Crippen LogP contribution in [0, 0.1) is 0 Å². The number of imidazole rings is 1. The molecule has 1 N–H and O–H groups in total. The summed E-state index contributed by atoms with van der Waals surface area (Å²) in [7, 11) is 0. The molecule has 4 nitrogen and oxygen atoms in total. The van der Waals surface area contributed by atoms with Crippen molar-refractivity contribution in [2.75, 3.05) is 0 Å². The Morgan fingerprint density at radius 1 is 1.33 bits per heavy atom. The van der Waals surface area contributed by atoms with Crippen molar-refractivity contribution in [2.45, 2.75) is 6.54 Å². The van der Waals surface area contributed by atoms with Crippen molar-refractivity contribution in [2.24, 2.45) is 0 Å². The molecule has 5 heteroatoms. The zero-order chi connectivity index (χ0) is 12.1. The third kappa shape index (κ3) is 4.07. The molecule has 2 aromatic rings. The van der Waals surface area contributed by atoms with Crippen molar-refractivity contribution >= 4 is 24.5 Å². The van der Waals surface area contributed by atoms with Crippen molar-refractivity contribution < 1.29 is 9.90 Å². The first-order valence-corrected chi connectivity index (χ1v) is 5.20. The van der Waals surface area contributed by atoms with Gasteiger partial charge in [-0.25, -0.2) is 9.78 Å². The van der Waals surface area contributed by atoms with Gasteiger partial charge in [0.15, 0.2) is 0 Å². The van der Waals surface area contributed by atoms with Crippen molar-refractivity contribution in [1.82, 2.24) is 9.55 Å². The predicted molar refractivity (Wildman–Crippen MR) is 71.7 cm³/mol. The molecule has 0 aliphatic carbocycles. The molecular weight excluding hydrogens is 252 g/mol. The quantitative estimate of drug-likeness (QED) is 0.863. The van der Waals surface area contributed by atoms with E-state index in [1.54, 1.807) is 18.6 Å². The van der Waals surface area contributed by atoms with Crippen LogP contribution in [-0.4, -0.2) is 20.6 Å². The minimum Gasteiger partial charge on any atom is -0.478 e. The lowest BCUT2D eigenvalue weighted by molar-refractivity contribution is -0.131. The van der Waals surface area contributed by atoms with Gasteiger partial charge in [0.25, 0.3) is 0 Å². The van der Waals surface area contributed by atoms with Crippen LogP contribution in [0.3, 0.4) is 0 Å². The Morgan fingerprint density at radius 2 is 2.06 bits per heavy atom. The molecule has 0 amide bonds. The lowest BCUT2D eigenvalue weighted by Gasteiger charge is -2.02. The van der Waals surface area contributed by atoms with E-state index in [-0.39, 0.29) is 12.4 Å². The van der Waals surface area contributed by atoms with Crippen molar-refractivity contribution in [1.29, 1.82) is 0 Å². The Morgan fingerprint density at radius 3 is 2.61 bits per heavy atom. The second kappa shape index (κ2) is 6.61. The molecule has 18 heavy (non-hydrogen) atoms. The molecule has 1 heterocycles. The number of carboxylic acids is 1. The second-order valence-electron chi connectivity index (χ2n) is 3.65. The molecule has 0 fully saturated rings. The average molecular weight is 265 g/mol. The summed E-state index contributed by atoms with van der Waals surface area (Å²) in [5.41, 5.74) is 2.03. The van der Waals surface area contributed by atoms with Gasteiger partial charge in [-0.1, -0.05) is 24.3 Å².